The number of hydrogen-bond donors (Lipinski definition) is 1. The molecule has 2 nitrogen and oxygen atoms in total. The van der Waals surface area contributed by atoms with E-state index in [2.05, 4.69) is 5.32 Å². The zero-order valence-electron chi connectivity index (χ0n) is 10.00. The molecule has 2 aromatic rings. The van der Waals surface area contributed by atoms with Crippen molar-refractivity contribution < 1.29 is 9.13 Å². The molecule has 0 saturated heterocycles. The van der Waals surface area contributed by atoms with Crippen LogP contribution < -0.4 is 10.1 Å². The van der Waals surface area contributed by atoms with E-state index in [4.69, 9.17) is 27.9 Å². The van der Waals surface area contributed by atoms with Crippen LogP contribution in [0.25, 0.3) is 0 Å². The molecule has 0 unspecified atom stereocenters. The molecular formula is C14H12Cl2FNO. The number of hydrogen-bond acceptors (Lipinski definition) is 2. The lowest BCUT2D eigenvalue weighted by Crippen LogP contribution is -2.11. The molecule has 0 heterocycles. The van der Waals surface area contributed by atoms with Crippen molar-refractivity contribution in [2.45, 2.75) is 0 Å². The summed E-state index contributed by atoms with van der Waals surface area (Å²) in [5.74, 6) is 0.369. The quantitative estimate of drug-likeness (QED) is 0.813. The molecule has 0 bridgehead atoms. The number of ether oxygens (including phenoxy) is 1. The van der Waals surface area contributed by atoms with Gasteiger partial charge in [-0.05, 0) is 42.5 Å². The maximum absolute atomic E-state index is 12.7. The Bertz CT molecular complexity index is 525. The summed E-state index contributed by atoms with van der Waals surface area (Å²) in [5.41, 5.74) is 0.842. The molecule has 0 spiro atoms. The zero-order chi connectivity index (χ0) is 13.7. The smallest absolute Gasteiger partial charge is 0.123 e. The summed E-state index contributed by atoms with van der Waals surface area (Å²) in [5, 5.41) is 4.19. The minimum Gasteiger partial charge on any atom is -0.492 e. The Kier molecular flexibility index (Phi) is 4.88. The van der Waals surface area contributed by atoms with Crippen LogP contribution in [-0.2, 0) is 0 Å². The Morgan fingerprint density at radius 2 is 1.63 bits per heavy atom. The van der Waals surface area contributed by atoms with E-state index < -0.39 is 0 Å². The van der Waals surface area contributed by atoms with Crippen LogP contribution >= 0.6 is 23.2 Å². The van der Waals surface area contributed by atoms with E-state index in [1.807, 2.05) is 0 Å². The first-order chi connectivity index (χ1) is 9.13. The topological polar surface area (TPSA) is 21.3 Å². The monoisotopic (exact) mass is 299 g/mol. The molecule has 0 saturated carbocycles. The van der Waals surface area contributed by atoms with E-state index in [-0.39, 0.29) is 5.82 Å². The van der Waals surface area contributed by atoms with Crippen LogP contribution in [0.3, 0.4) is 0 Å². The molecule has 19 heavy (non-hydrogen) atoms. The van der Waals surface area contributed by atoms with Crippen LogP contribution in [0.2, 0.25) is 10.0 Å². The summed E-state index contributed by atoms with van der Waals surface area (Å²) in [6, 6.07) is 11.2. The second-order valence-corrected chi connectivity index (χ2v) is 4.76. The Morgan fingerprint density at radius 1 is 1.00 bits per heavy atom. The van der Waals surface area contributed by atoms with Crippen molar-refractivity contribution in [3.8, 4) is 5.75 Å². The van der Waals surface area contributed by atoms with Gasteiger partial charge in [0.2, 0.25) is 0 Å². The summed E-state index contributed by atoms with van der Waals surface area (Å²) in [6.07, 6.45) is 0. The summed E-state index contributed by atoms with van der Waals surface area (Å²) in [7, 11) is 0. The molecule has 0 aliphatic rings. The van der Waals surface area contributed by atoms with Gasteiger partial charge in [-0.1, -0.05) is 23.2 Å². The molecular weight excluding hydrogens is 288 g/mol. The molecule has 5 heteroatoms. The van der Waals surface area contributed by atoms with Gasteiger partial charge in [-0.25, -0.2) is 4.39 Å². The van der Waals surface area contributed by atoms with Crippen molar-refractivity contribution >= 4 is 28.9 Å². The highest BCUT2D eigenvalue weighted by molar-refractivity contribution is 6.34. The largest absolute Gasteiger partial charge is 0.492 e. The fourth-order valence-electron chi connectivity index (χ4n) is 1.54. The van der Waals surface area contributed by atoms with Gasteiger partial charge in [0.05, 0.1) is 0 Å². The van der Waals surface area contributed by atoms with E-state index >= 15 is 0 Å². The molecule has 0 radical (unpaired) electrons. The fraction of sp³-hybridized carbons (Fsp3) is 0.143. The minimum absolute atomic E-state index is 0.254. The van der Waals surface area contributed by atoms with Gasteiger partial charge < -0.3 is 10.1 Å². The molecule has 0 aliphatic carbocycles. The lowest BCUT2D eigenvalue weighted by Gasteiger charge is -2.09. The van der Waals surface area contributed by atoms with Crippen LogP contribution in [0.4, 0.5) is 10.1 Å². The standard InChI is InChI=1S/C14H12Cl2FNO/c15-10-7-11(16)9-14(8-10)19-6-5-18-13-3-1-12(17)2-4-13/h1-4,7-9,18H,5-6H2. The van der Waals surface area contributed by atoms with Gasteiger partial charge >= 0.3 is 0 Å². The van der Waals surface area contributed by atoms with Gasteiger partial charge in [0.15, 0.2) is 0 Å². The average Bonchev–Trinajstić information content (AvgIpc) is 2.36. The maximum Gasteiger partial charge on any atom is 0.123 e. The number of nitrogens with one attached hydrogen (secondary N) is 1. The highest BCUT2D eigenvalue weighted by Crippen LogP contribution is 2.24. The SMILES string of the molecule is Fc1ccc(NCCOc2cc(Cl)cc(Cl)c2)cc1. The zero-order valence-corrected chi connectivity index (χ0v) is 11.5. The number of halogens is 3. The third-order valence-corrected chi connectivity index (χ3v) is 2.82. The predicted molar refractivity (Wildman–Crippen MR) is 76.8 cm³/mol. The molecule has 100 valence electrons. The number of rotatable bonds is 5. The van der Waals surface area contributed by atoms with E-state index in [0.717, 1.165) is 5.69 Å². The van der Waals surface area contributed by atoms with Crippen molar-refractivity contribution in [2.75, 3.05) is 18.5 Å². The summed E-state index contributed by atoms with van der Waals surface area (Å²) in [6.45, 7) is 1.05. The fourth-order valence-corrected chi connectivity index (χ4v) is 2.05. The van der Waals surface area contributed by atoms with Gasteiger partial charge in [0.25, 0.3) is 0 Å². The highest BCUT2D eigenvalue weighted by atomic mass is 35.5. The summed E-state index contributed by atoms with van der Waals surface area (Å²) >= 11 is 11.7. The highest BCUT2D eigenvalue weighted by Gasteiger charge is 1.99. The third-order valence-electron chi connectivity index (χ3n) is 2.38. The lowest BCUT2D eigenvalue weighted by atomic mass is 10.3. The first-order valence-corrected chi connectivity index (χ1v) is 6.47. The molecule has 2 rings (SSSR count). The van der Waals surface area contributed by atoms with Crippen molar-refractivity contribution in [3.63, 3.8) is 0 Å². The Balaban J connectivity index is 1.79. The second-order valence-electron chi connectivity index (χ2n) is 3.89. The van der Waals surface area contributed by atoms with Crippen LogP contribution in [0.1, 0.15) is 0 Å². The minimum atomic E-state index is -0.254. The Labute approximate surface area is 121 Å². The molecule has 2 aromatic carbocycles. The van der Waals surface area contributed by atoms with Crippen LogP contribution in [-0.4, -0.2) is 13.2 Å². The molecule has 1 N–H and O–H groups in total. The third kappa shape index (κ3) is 4.62. The maximum atomic E-state index is 12.7. The molecule has 0 aromatic heterocycles. The summed E-state index contributed by atoms with van der Waals surface area (Å²) in [4.78, 5) is 0. The van der Waals surface area contributed by atoms with Crippen LogP contribution in [0.15, 0.2) is 42.5 Å². The molecule has 0 atom stereocenters. The average molecular weight is 300 g/mol. The number of benzene rings is 2. The first kappa shape index (κ1) is 14.0. The molecule has 0 fully saturated rings. The normalized spacial score (nSPS) is 10.3. The molecule has 0 aliphatic heterocycles. The van der Waals surface area contributed by atoms with Gasteiger partial charge in [0.1, 0.15) is 18.2 Å². The van der Waals surface area contributed by atoms with E-state index in [1.165, 1.54) is 12.1 Å². The first-order valence-electron chi connectivity index (χ1n) is 5.72. The second kappa shape index (κ2) is 6.64. The predicted octanol–water partition coefficient (Wildman–Crippen LogP) is 4.62. The van der Waals surface area contributed by atoms with Crippen molar-refractivity contribution in [3.05, 3.63) is 58.3 Å². The van der Waals surface area contributed by atoms with Gasteiger partial charge in [-0.3, -0.25) is 0 Å². The Hall–Kier alpha value is -1.45. The van der Waals surface area contributed by atoms with Crippen molar-refractivity contribution in [2.24, 2.45) is 0 Å². The van der Waals surface area contributed by atoms with Gasteiger partial charge in [0, 0.05) is 22.3 Å². The lowest BCUT2D eigenvalue weighted by molar-refractivity contribution is 0.333. The van der Waals surface area contributed by atoms with Crippen LogP contribution in [0, 0.1) is 5.82 Å². The molecule has 0 amide bonds. The number of anilines is 1. The van der Waals surface area contributed by atoms with E-state index in [1.54, 1.807) is 30.3 Å². The van der Waals surface area contributed by atoms with E-state index in [9.17, 15) is 4.39 Å². The van der Waals surface area contributed by atoms with Crippen LogP contribution in [0.5, 0.6) is 5.75 Å². The van der Waals surface area contributed by atoms with Crippen molar-refractivity contribution in [1.29, 1.82) is 0 Å². The summed E-state index contributed by atoms with van der Waals surface area (Å²) < 4.78 is 18.2. The van der Waals surface area contributed by atoms with Gasteiger partial charge in [-0.2, -0.15) is 0 Å². The Morgan fingerprint density at radius 3 is 2.26 bits per heavy atom. The van der Waals surface area contributed by atoms with E-state index in [0.29, 0.717) is 28.9 Å². The van der Waals surface area contributed by atoms with Gasteiger partial charge in [-0.15, -0.1) is 0 Å². The van der Waals surface area contributed by atoms with Crippen molar-refractivity contribution in [1.82, 2.24) is 0 Å².